The predicted octanol–water partition coefficient (Wildman–Crippen LogP) is 7.42. The molecule has 1 aliphatic rings. The maximum absolute atomic E-state index is 13.8. The van der Waals surface area contributed by atoms with Gasteiger partial charge in [-0.25, -0.2) is 0 Å². The zero-order chi connectivity index (χ0) is 26.7. The normalized spacial score (nSPS) is 14.6. The van der Waals surface area contributed by atoms with Gasteiger partial charge in [-0.3, -0.25) is 9.59 Å². The molecule has 3 aromatic rings. The molecule has 4 rings (SSSR count). The smallest absolute Gasteiger partial charge is 0.243 e. The van der Waals surface area contributed by atoms with Crippen molar-refractivity contribution in [3.63, 3.8) is 0 Å². The Hall–Kier alpha value is -2.28. The number of nitrogens with zero attached hydrogens (tertiary/aromatic N) is 1. The second-order valence-corrected chi connectivity index (χ2v) is 12.2. The molecule has 1 fully saturated rings. The van der Waals surface area contributed by atoms with Crippen molar-refractivity contribution in [3.8, 4) is 0 Å². The summed E-state index contributed by atoms with van der Waals surface area (Å²) in [7, 11) is 0. The van der Waals surface area contributed by atoms with Crippen molar-refractivity contribution < 1.29 is 9.59 Å². The van der Waals surface area contributed by atoms with Gasteiger partial charge >= 0.3 is 0 Å². The molecule has 1 aliphatic carbocycles. The molecule has 0 aliphatic heterocycles. The number of hydrogen-bond donors (Lipinski definition) is 1. The number of benzene rings is 3. The molecule has 4 nitrogen and oxygen atoms in total. The monoisotopic (exact) mass is 612 g/mol. The first-order valence-corrected chi connectivity index (χ1v) is 15.5. The lowest BCUT2D eigenvalue weighted by atomic mass is 9.94. The number of halogens is 2. The van der Waals surface area contributed by atoms with Crippen LogP contribution in [0.1, 0.15) is 48.8 Å². The maximum Gasteiger partial charge on any atom is 0.243 e. The lowest BCUT2D eigenvalue weighted by Gasteiger charge is -2.33. The van der Waals surface area contributed by atoms with E-state index in [0.29, 0.717) is 23.7 Å². The number of amides is 2. The van der Waals surface area contributed by atoms with Crippen molar-refractivity contribution >= 4 is 51.1 Å². The van der Waals surface area contributed by atoms with Crippen LogP contribution in [0.15, 0.2) is 83.3 Å². The predicted molar refractivity (Wildman–Crippen MR) is 161 cm³/mol. The number of carbonyl (C=O) groups is 2. The third-order valence-corrected chi connectivity index (χ3v) is 8.56. The van der Waals surface area contributed by atoms with E-state index >= 15 is 0 Å². The summed E-state index contributed by atoms with van der Waals surface area (Å²) in [4.78, 5) is 29.4. The first kappa shape index (κ1) is 28.7. The van der Waals surface area contributed by atoms with Crippen LogP contribution in [0.25, 0.3) is 0 Å². The topological polar surface area (TPSA) is 49.4 Å². The summed E-state index contributed by atoms with van der Waals surface area (Å²) in [6, 6.07) is 25.2. The molecule has 2 amide bonds. The van der Waals surface area contributed by atoms with E-state index in [1.807, 2.05) is 78.9 Å². The average Bonchev–Trinajstić information content (AvgIpc) is 2.92. The molecular formula is C31H34BrClN2O2S. The molecule has 0 unspecified atom stereocenters. The third kappa shape index (κ3) is 8.89. The fourth-order valence-electron chi connectivity index (χ4n) is 4.90. The van der Waals surface area contributed by atoms with Crippen molar-refractivity contribution in [2.45, 2.75) is 62.9 Å². The second-order valence-electron chi connectivity index (χ2n) is 9.82. The number of hydrogen-bond acceptors (Lipinski definition) is 3. The van der Waals surface area contributed by atoms with Gasteiger partial charge < -0.3 is 10.2 Å². The average molecular weight is 614 g/mol. The molecule has 0 saturated heterocycles. The summed E-state index contributed by atoms with van der Waals surface area (Å²) < 4.78 is 0.948. The van der Waals surface area contributed by atoms with Crippen molar-refractivity contribution in [2.24, 2.45) is 0 Å². The quantitative estimate of drug-likeness (QED) is 0.245. The van der Waals surface area contributed by atoms with E-state index in [2.05, 4.69) is 21.2 Å². The van der Waals surface area contributed by atoms with Gasteiger partial charge in [-0.15, -0.1) is 11.8 Å². The van der Waals surface area contributed by atoms with Gasteiger partial charge in [0.15, 0.2) is 0 Å². The van der Waals surface area contributed by atoms with Gasteiger partial charge in [-0.05, 0) is 53.8 Å². The van der Waals surface area contributed by atoms with Gasteiger partial charge in [0.25, 0.3) is 0 Å². The molecule has 1 atom stereocenters. The molecule has 1 N–H and O–H groups in total. The largest absolute Gasteiger partial charge is 0.352 e. The summed E-state index contributed by atoms with van der Waals surface area (Å²) in [6.07, 6.45) is 5.96. The summed E-state index contributed by atoms with van der Waals surface area (Å²) in [5.41, 5.74) is 3.09. The van der Waals surface area contributed by atoms with Crippen LogP contribution >= 0.6 is 39.3 Å². The standard InChI is InChI=1S/C31H34BrClN2O2S/c32-26-13-7-11-24(17-26)20-35(30(36)22-38-21-25-12-8-14-27(33)18-25)29(19-23-9-3-1-4-10-23)31(37)34-28-15-5-2-6-16-28/h1,3-4,7-14,17-18,28-29H,2,5-6,15-16,19-22H2,(H,34,37)/t29-/m1/s1. The highest BCUT2D eigenvalue weighted by Crippen LogP contribution is 2.22. The number of thioether (sulfide) groups is 1. The van der Waals surface area contributed by atoms with Crippen molar-refractivity contribution in [1.82, 2.24) is 10.2 Å². The SMILES string of the molecule is O=C(NC1CCCCC1)[C@@H](Cc1ccccc1)N(Cc1cccc(Br)c1)C(=O)CSCc1cccc(Cl)c1. The van der Waals surface area contributed by atoms with E-state index in [-0.39, 0.29) is 23.6 Å². The van der Waals surface area contributed by atoms with Crippen LogP contribution in [0, 0.1) is 0 Å². The van der Waals surface area contributed by atoms with Crippen molar-refractivity contribution in [3.05, 3.63) is 105 Å². The van der Waals surface area contributed by atoms with E-state index < -0.39 is 6.04 Å². The number of rotatable bonds is 11. The van der Waals surface area contributed by atoms with Crippen LogP contribution in [-0.4, -0.2) is 34.6 Å². The second kappa shape index (κ2) is 14.8. The van der Waals surface area contributed by atoms with Crippen LogP contribution in [-0.2, 0) is 28.3 Å². The summed E-state index contributed by atoms with van der Waals surface area (Å²) >= 11 is 11.2. The molecule has 3 aromatic carbocycles. The van der Waals surface area contributed by atoms with E-state index in [1.54, 1.807) is 16.7 Å². The fraction of sp³-hybridized carbons (Fsp3) is 0.355. The van der Waals surface area contributed by atoms with Crippen LogP contribution < -0.4 is 5.32 Å². The molecule has 0 heterocycles. The molecule has 200 valence electrons. The lowest BCUT2D eigenvalue weighted by Crippen LogP contribution is -2.53. The Morgan fingerprint density at radius 1 is 0.921 bits per heavy atom. The van der Waals surface area contributed by atoms with Gasteiger partial charge in [-0.2, -0.15) is 0 Å². The minimum atomic E-state index is -0.599. The zero-order valence-corrected chi connectivity index (χ0v) is 24.6. The maximum atomic E-state index is 13.8. The minimum absolute atomic E-state index is 0.0447. The molecule has 0 bridgehead atoms. The molecule has 0 aromatic heterocycles. The van der Waals surface area contributed by atoms with Crippen LogP contribution in [0.4, 0.5) is 0 Å². The Balaban J connectivity index is 1.56. The number of nitrogens with one attached hydrogen (secondary N) is 1. The van der Waals surface area contributed by atoms with Crippen molar-refractivity contribution in [1.29, 1.82) is 0 Å². The Kier molecular flexibility index (Phi) is 11.2. The van der Waals surface area contributed by atoms with Crippen molar-refractivity contribution in [2.75, 3.05) is 5.75 Å². The Morgan fingerprint density at radius 2 is 1.63 bits per heavy atom. The Morgan fingerprint density at radius 3 is 2.37 bits per heavy atom. The highest BCUT2D eigenvalue weighted by atomic mass is 79.9. The van der Waals surface area contributed by atoms with E-state index in [4.69, 9.17) is 11.6 Å². The zero-order valence-electron chi connectivity index (χ0n) is 21.5. The minimum Gasteiger partial charge on any atom is -0.352 e. The third-order valence-electron chi connectivity index (χ3n) is 6.85. The molecule has 7 heteroatoms. The Labute approximate surface area is 243 Å². The van der Waals surface area contributed by atoms with Gasteiger partial charge in [0.1, 0.15) is 6.04 Å². The highest BCUT2D eigenvalue weighted by Gasteiger charge is 2.31. The van der Waals surface area contributed by atoms with Gasteiger partial charge in [0.05, 0.1) is 5.75 Å². The molecule has 1 saturated carbocycles. The fourth-order valence-corrected chi connectivity index (χ4v) is 6.41. The number of carbonyl (C=O) groups excluding carboxylic acids is 2. The first-order valence-electron chi connectivity index (χ1n) is 13.2. The van der Waals surface area contributed by atoms with E-state index in [9.17, 15) is 9.59 Å². The van der Waals surface area contributed by atoms with Gasteiger partial charge in [-0.1, -0.05) is 101 Å². The Bertz CT molecular complexity index is 1200. The van der Waals surface area contributed by atoms with Gasteiger partial charge in [0, 0.05) is 34.3 Å². The van der Waals surface area contributed by atoms with E-state index in [1.165, 1.54) is 6.42 Å². The molecule has 38 heavy (non-hydrogen) atoms. The molecule has 0 spiro atoms. The summed E-state index contributed by atoms with van der Waals surface area (Å²) in [5, 5.41) is 3.98. The molecule has 0 radical (unpaired) electrons. The van der Waals surface area contributed by atoms with E-state index in [0.717, 1.165) is 46.8 Å². The summed E-state index contributed by atoms with van der Waals surface area (Å²) in [6.45, 7) is 0.367. The first-order chi connectivity index (χ1) is 18.5. The highest BCUT2D eigenvalue weighted by molar-refractivity contribution is 9.10. The lowest BCUT2D eigenvalue weighted by molar-refractivity contribution is -0.139. The van der Waals surface area contributed by atoms with Gasteiger partial charge in [0.2, 0.25) is 11.8 Å². The summed E-state index contributed by atoms with van der Waals surface area (Å²) in [5.74, 6) is 0.845. The van der Waals surface area contributed by atoms with Crippen LogP contribution in [0.2, 0.25) is 5.02 Å². The molecular weight excluding hydrogens is 580 g/mol. The van der Waals surface area contributed by atoms with Crippen LogP contribution in [0.3, 0.4) is 0 Å². The van der Waals surface area contributed by atoms with Crippen LogP contribution in [0.5, 0.6) is 0 Å².